The predicted molar refractivity (Wildman–Crippen MR) is 112 cm³/mol. The molecule has 1 fully saturated rings. The minimum absolute atomic E-state index is 0.0587. The third-order valence-corrected chi connectivity index (χ3v) is 4.97. The number of hydrogen-bond acceptors (Lipinski definition) is 6. The highest BCUT2D eigenvalue weighted by molar-refractivity contribution is 6.07. The molecule has 29 heavy (non-hydrogen) atoms. The fourth-order valence-corrected chi connectivity index (χ4v) is 3.55. The second-order valence-electron chi connectivity index (χ2n) is 7.79. The molecule has 1 aliphatic rings. The van der Waals surface area contributed by atoms with E-state index in [0.717, 1.165) is 23.6 Å². The van der Waals surface area contributed by atoms with Crippen molar-refractivity contribution in [2.24, 2.45) is 0 Å². The number of aromatic nitrogens is 2. The van der Waals surface area contributed by atoms with E-state index in [1.165, 1.54) is 0 Å². The lowest BCUT2D eigenvalue weighted by molar-refractivity contribution is -0.0901. The summed E-state index contributed by atoms with van der Waals surface area (Å²) >= 11 is 0. The van der Waals surface area contributed by atoms with E-state index in [4.69, 9.17) is 15.2 Å². The highest BCUT2D eigenvalue weighted by Crippen LogP contribution is 2.31. The first-order valence-electron chi connectivity index (χ1n) is 9.62. The van der Waals surface area contributed by atoms with E-state index in [-0.39, 0.29) is 23.3 Å². The summed E-state index contributed by atoms with van der Waals surface area (Å²) in [6.45, 7) is 4.82. The lowest BCUT2D eigenvalue weighted by Crippen LogP contribution is -2.39. The molecule has 1 aliphatic heterocycles. The smallest absolute Gasteiger partial charge is 0.276 e. The van der Waals surface area contributed by atoms with Crippen LogP contribution in [0.4, 0.5) is 11.4 Å². The Morgan fingerprint density at radius 2 is 2.10 bits per heavy atom. The Morgan fingerprint density at radius 3 is 2.90 bits per heavy atom. The van der Waals surface area contributed by atoms with Crippen LogP contribution in [0.3, 0.4) is 0 Å². The number of benzene rings is 1. The molecule has 1 unspecified atom stereocenters. The molecule has 1 saturated heterocycles. The van der Waals surface area contributed by atoms with E-state index < -0.39 is 0 Å². The maximum atomic E-state index is 12.5. The van der Waals surface area contributed by atoms with Gasteiger partial charge in [0.25, 0.3) is 5.91 Å². The molecular weight excluding hydrogens is 368 g/mol. The van der Waals surface area contributed by atoms with Gasteiger partial charge >= 0.3 is 0 Å². The Hall–Kier alpha value is -3.19. The van der Waals surface area contributed by atoms with Crippen LogP contribution in [0.25, 0.3) is 10.8 Å². The summed E-state index contributed by atoms with van der Waals surface area (Å²) in [5.74, 6) is 0.245. The monoisotopic (exact) mass is 392 g/mol. The van der Waals surface area contributed by atoms with Gasteiger partial charge in [0, 0.05) is 36.3 Å². The van der Waals surface area contributed by atoms with Crippen LogP contribution < -0.4 is 15.8 Å². The van der Waals surface area contributed by atoms with Gasteiger partial charge in [-0.3, -0.25) is 4.79 Å². The second kappa shape index (κ2) is 7.67. The highest BCUT2D eigenvalue weighted by atomic mass is 16.5. The van der Waals surface area contributed by atoms with Crippen molar-refractivity contribution >= 4 is 28.1 Å². The molecule has 0 radical (unpaired) electrons. The number of hydrogen-bond donors (Lipinski definition) is 2. The van der Waals surface area contributed by atoms with Gasteiger partial charge in [-0.1, -0.05) is 0 Å². The summed E-state index contributed by atoms with van der Waals surface area (Å²) in [6.07, 6.45) is 4.96. The largest absolute Gasteiger partial charge is 0.474 e. The fourth-order valence-electron chi connectivity index (χ4n) is 3.55. The van der Waals surface area contributed by atoms with Crippen LogP contribution in [-0.2, 0) is 4.74 Å². The number of nitrogens with one attached hydrogen (secondary N) is 1. The summed E-state index contributed by atoms with van der Waals surface area (Å²) in [5.41, 5.74) is 6.83. The maximum Gasteiger partial charge on any atom is 0.276 e. The van der Waals surface area contributed by atoms with E-state index in [1.54, 1.807) is 24.5 Å². The zero-order valence-electron chi connectivity index (χ0n) is 16.5. The summed E-state index contributed by atoms with van der Waals surface area (Å²) < 4.78 is 12.0. The number of nitrogens with zero attached hydrogens (tertiary/aromatic N) is 2. The molecule has 3 heterocycles. The molecule has 150 valence electrons. The number of amides is 1. The number of carbonyl (C=O) groups excluding carboxylic acids is 1. The Labute approximate surface area is 169 Å². The van der Waals surface area contributed by atoms with Gasteiger partial charge in [0.2, 0.25) is 5.88 Å². The van der Waals surface area contributed by atoms with Gasteiger partial charge in [0.1, 0.15) is 6.10 Å². The average molecular weight is 392 g/mol. The second-order valence-corrected chi connectivity index (χ2v) is 7.79. The molecule has 0 spiro atoms. The first-order chi connectivity index (χ1) is 13.9. The van der Waals surface area contributed by atoms with Crippen LogP contribution in [-0.4, -0.2) is 34.2 Å². The molecule has 1 atom stereocenters. The van der Waals surface area contributed by atoms with Gasteiger partial charge in [-0.2, -0.15) is 0 Å². The van der Waals surface area contributed by atoms with Gasteiger partial charge < -0.3 is 20.5 Å². The van der Waals surface area contributed by atoms with Gasteiger partial charge in [0.05, 0.1) is 17.9 Å². The summed E-state index contributed by atoms with van der Waals surface area (Å²) in [4.78, 5) is 20.9. The molecular formula is C22H24N4O3. The number of fused-ring (bicyclic) bond motifs is 1. The van der Waals surface area contributed by atoms with Crippen molar-refractivity contribution in [3.05, 3.63) is 54.5 Å². The van der Waals surface area contributed by atoms with Crippen LogP contribution in [0, 0.1) is 0 Å². The van der Waals surface area contributed by atoms with Gasteiger partial charge in [-0.15, -0.1) is 0 Å². The number of rotatable bonds is 4. The number of ether oxygens (including phenoxy) is 2. The average Bonchev–Trinajstić information content (AvgIpc) is 2.67. The van der Waals surface area contributed by atoms with E-state index in [1.807, 2.05) is 24.3 Å². The molecule has 0 saturated carbocycles. The predicted octanol–water partition coefficient (Wildman–Crippen LogP) is 3.80. The SMILES string of the molecule is CC1(C)CC(Oc2nccc3cc(NC(=O)c4ncccc4N)ccc23)CCO1. The van der Waals surface area contributed by atoms with Gasteiger partial charge in [-0.25, -0.2) is 9.97 Å². The minimum Gasteiger partial charge on any atom is -0.474 e. The summed E-state index contributed by atoms with van der Waals surface area (Å²) in [5, 5.41) is 4.66. The Kier molecular flexibility index (Phi) is 5.07. The Balaban J connectivity index is 1.55. The lowest BCUT2D eigenvalue weighted by Gasteiger charge is -2.35. The van der Waals surface area contributed by atoms with Crippen molar-refractivity contribution in [3.63, 3.8) is 0 Å². The number of nitrogens with two attached hydrogens (primary N) is 1. The topological polar surface area (TPSA) is 99.4 Å². The van der Waals surface area contributed by atoms with Crippen molar-refractivity contribution in [3.8, 4) is 5.88 Å². The molecule has 2 aromatic heterocycles. The molecule has 3 N–H and O–H groups in total. The summed E-state index contributed by atoms with van der Waals surface area (Å²) in [7, 11) is 0. The third kappa shape index (κ3) is 4.30. The molecule has 0 bridgehead atoms. The number of anilines is 2. The van der Waals surface area contributed by atoms with Crippen LogP contribution in [0.1, 0.15) is 37.2 Å². The zero-order valence-corrected chi connectivity index (χ0v) is 16.5. The number of carbonyl (C=O) groups is 1. The van der Waals surface area contributed by atoms with Crippen molar-refractivity contribution < 1.29 is 14.3 Å². The maximum absolute atomic E-state index is 12.5. The van der Waals surface area contributed by atoms with Gasteiger partial charge in [0.15, 0.2) is 5.69 Å². The van der Waals surface area contributed by atoms with Gasteiger partial charge in [-0.05, 0) is 55.6 Å². The van der Waals surface area contributed by atoms with E-state index in [0.29, 0.717) is 23.9 Å². The third-order valence-electron chi connectivity index (χ3n) is 4.97. The number of pyridine rings is 2. The first kappa shape index (κ1) is 19.1. The van der Waals surface area contributed by atoms with E-state index >= 15 is 0 Å². The Morgan fingerprint density at radius 1 is 1.24 bits per heavy atom. The molecule has 7 nitrogen and oxygen atoms in total. The van der Waals surface area contributed by atoms with E-state index in [2.05, 4.69) is 29.1 Å². The first-order valence-corrected chi connectivity index (χ1v) is 9.62. The van der Waals surface area contributed by atoms with Crippen molar-refractivity contribution in [1.29, 1.82) is 0 Å². The highest BCUT2D eigenvalue weighted by Gasteiger charge is 2.30. The molecule has 1 aromatic carbocycles. The fraction of sp³-hybridized carbons (Fsp3) is 0.318. The Bertz CT molecular complexity index is 1050. The molecule has 3 aromatic rings. The van der Waals surface area contributed by atoms with Crippen molar-refractivity contribution in [1.82, 2.24) is 9.97 Å². The molecule has 7 heteroatoms. The lowest BCUT2D eigenvalue weighted by atomic mass is 9.96. The van der Waals surface area contributed by atoms with Crippen LogP contribution >= 0.6 is 0 Å². The summed E-state index contributed by atoms with van der Waals surface area (Å²) in [6, 6.07) is 10.8. The molecule has 4 rings (SSSR count). The van der Waals surface area contributed by atoms with Crippen molar-refractivity contribution in [2.45, 2.75) is 38.4 Å². The van der Waals surface area contributed by atoms with Crippen LogP contribution in [0.2, 0.25) is 0 Å². The number of nitrogen functional groups attached to an aromatic ring is 1. The molecule has 0 aliphatic carbocycles. The quantitative estimate of drug-likeness (QED) is 0.701. The van der Waals surface area contributed by atoms with Crippen LogP contribution in [0.15, 0.2) is 48.8 Å². The minimum atomic E-state index is -0.350. The van der Waals surface area contributed by atoms with Crippen LogP contribution in [0.5, 0.6) is 5.88 Å². The normalized spacial score (nSPS) is 18.3. The van der Waals surface area contributed by atoms with E-state index in [9.17, 15) is 4.79 Å². The van der Waals surface area contributed by atoms with Crippen molar-refractivity contribution in [2.75, 3.05) is 17.7 Å². The zero-order chi connectivity index (χ0) is 20.4. The standard InChI is InChI=1S/C22H24N4O3/c1-22(2)13-16(8-11-28-22)29-21-17-6-5-15(12-14(17)7-10-25-21)26-20(27)19-18(23)4-3-9-24-19/h3-7,9-10,12,16H,8,11,13,23H2,1-2H3,(H,26,27). The molecule has 1 amide bonds.